The first-order valence-corrected chi connectivity index (χ1v) is 17.0. The fourth-order valence-electron chi connectivity index (χ4n) is 7.36. The van der Waals surface area contributed by atoms with Gasteiger partial charge in [-0.15, -0.1) is 0 Å². The van der Waals surface area contributed by atoms with Crippen LogP contribution in [0.15, 0.2) is 115 Å². The monoisotopic (exact) mass is 657 g/mol. The van der Waals surface area contributed by atoms with Gasteiger partial charge in [0.15, 0.2) is 11.6 Å². The highest BCUT2D eigenvalue weighted by Gasteiger charge is 2.25. The quantitative estimate of drug-likeness (QED) is 0.186. The fraction of sp³-hybridized carbons (Fsp3) is 0.178. The molecule has 2 heterocycles. The summed E-state index contributed by atoms with van der Waals surface area (Å²) < 4.78 is 34.7. The van der Waals surface area contributed by atoms with Crippen LogP contribution in [0.25, 0.3) is 66.1 Å². The predicted molar refractivity (Wildman–Crippen MR) is 203 cm³/mol. The van der Waals surface area contributed by atoms with E-state index in [4.69, 9.17) is 0 Å². The molecule has 2 aromatic heterocycles. The van der Waals surface area contributed by atoms with E-state index < -0.39 is 11.6 Å². The highest BCUT2D eigenvalue weighted by molar-refractivity contribution is 6.11. The van der Waals surface area contributed by atoms with Crippen molar-refractivity contribution in [3.63, 3.8) is 0 Å². The van der Waals surface area contributed by atoms with Gasteiger partial charge in [-0.1, -0.05) is 102 Å². The van der Waals surface area contributed by atoms with E-state index in [1.165, 1.54) is 17.2 Å². The lowest BCUT2D eigenvalue weighted by molar-refractivity contribution is 0.511. The molecule has 0 aliphatic heterocycles. The van der Waals surface area contributed by atoms with Crippen LogP contribution in [0.5, 0.6) is 0 Å². The van der Waals surface area contributed by atoms with Gasteiger partial charge in [-0.3, -0.25) is 0 Å². The van der Waals surface area contributed by atoms with Crippen molar-refractivity contribution in [3.8, 4) is 28.6 Å². The average Bonchev–Trinajstić information content (AvgIpc) is 3.60. The zero-order valence-corrected chi connectivity index (χ0v) is 29.1. The first-order chi connectivity index (χ1) is 23.9. The van der Waals surface area contributed by atoms with Crippen LogP contribution in [0.1, 0.15) is 58.2 Å². The number of hydrogen-bond donors (Lipinski definition) is 0. The molecule has 50 heavy (non-hydrogen) atoms. The minimum atomic E-state index is -0.928. The van der Waals surface area contributed by atoms with Crippen LogP contribution in [0.3, 0.4) is 0 Å². The van der Waals surface area contributed by atoms with Crippen molar-refractivity contribution in [3.05, 3.63) is 144 Å². The maximum absolute atomic E-state index is 15.7. The number of fused-ring (bicyclic) bond motifs is 6. The van der Waals surface area contributed by atoms with Gasteiger partial charge in [-0.2, -0.15) is 5.26 Å². The topological polar surface area (TPSA) is 33.6 Å². The van der Waals surface area contributed by atoms with Crippen LogP contribution >= 0.6 is 0 Å². The molecule has 0 spiro atoms. The Labute approximate surface area is 290 Å². The van der Waals surface area contributed by atoms with E-state index in [0.717, 1.165) is 49.7 Å². The van der Waals surface area contributed by atoms with Crippen molar-refractivity contribution < 1.29 is 8.78 Å². The Morgan fingerprint density at radius 3 is 1.44 bits per heavy atom. The van der Waals surface area contributed by atoms with Gasteiger partial charge >= 0.3 is 0 Å². The van der Waals surface area contributed by atoms with Gasteiger partial charge in [0.2, 0.25) is 0 Å². The summed E-state index contributed by atoms with van der Waals surface area (Å²) in [5, 5.41) is 15.4. The number of aromatic nitrogens is 2. The Balaban J connectivity index is 1.54. The molecule has 0 fully saturated rings. The maximum atomic E-state index is 15.7. The lowest BCUT2D eigenvalue weighted by Crippen LogP contribution is -2.11. The molecule has 0 aliphatic carbocycles. The third kappa shape index (κ3) is 4.82. The summed E-state index contributed by atoms with van der Waals surface area (Å²) in [7, 11) is 0. The van der Waals surface area contributed by atoms with Crippen molar-refractivity contribution in [1.82, 2.24) is 9.13 Å². The van der Waals surface area contributed by atoms with Crippen LogP contribution < -0.4 is 0 Å². The Hall–Kier alpha value is -5.73. The van der Waals surface area contributed by atoms with Gasteiger partial charge in [0, 0.05) is 27.1 Å². The van der Waals surface area contributed by atoms with Crippen LogP contribution in [0, 0.1) is 23.0 Å². The van der Waals surface area contributed by atoms with Crippen molar-refractivity contribution in [2.45, 2.75) is 52.4 Å². The fourth-order valence-corrected chi connectivity index (χ4v) is 7.36. The Kier molecular flexibility index (Phi) is 7.03. The molecule has 0 saturated carbocycles. The molecule has 6 aromatic carbocycles. The highest BCUT2D eigenvalue weighted by Crippen LogP contribution is 2.42. The number of halogens is 2. The number of benzene rings is 6. The second-order valence-corrected chi connectivity index (χ2v) is 15.3. The SMILES string of the molecule is CC(C)(C)c1ccc2c(c1)c1ccccc1n2-c1cc(-c2cccc(F)c2F)cc(-n2c3ccccc3c3cc(C(C)(C)C)ccc32)c1C#N. The van der Waals surface area contributed by atoms with Crippen molar-refractivity contribution in [2.75, 3.05) is 0 Å². The predicted octanol–water partition coefficient (Wildman–Crippen LogP) is 12.3. The molecule has 5 heteroatoms. The average molecular weight is 658 g/mol. The number of nitrogens with zero attached hydrogens (tertiary/aromatic N) is 3. The van der Waals surface area contributed by atoms with Gasteiger partial charge in [-0.05, 0) is 82.1 Å². The lowest BCUT2D eigenvalue weighted by atomic mass is 9.86. The summed E-state index contributed by atoms with van der Waals surface area (Å²) in [5.41, 5.74) is 8.17. The number of rotatable bonds is 3. The second-order valence-electron chi connectivity index (χ2n) is 15.3. The normalized spacial score (nSPS) is 12.4. The minimum Gasteiger partial charge on any atom is -0.308 e. The van der Waals surface area contributed by atoms with Gasteiger partial charge in [-0.25, -0.2) is 8.78 Å². The van der Waals surface area contributed by atoms with E-state index in [1.807, 2.05) is 36.4 Å². The molecule has 8 aromatic rings. The summed E-state index contributed by atoms with van der Waals surface area (Å²) in [4.78, 5) is 0. The molecule has 0 bridgehead atoms. The number of hydrogen-bond acceptors (Lipinski definition) is 1. The van der Waals surface area contributed by atoms with E-state index in [9.17, 15) is 9.65 Å². The molecule has 0 saturated heterocycles. The van der Waals surface area contributed by atoms with E-state index in [-0.39, 0.29) is 16.4 Å². The molecule has 246 valence electrons. The lowest BCUT2D eigenvalue weighted by Gasteiger charge is -2.21. The summed E-state index contributed by atoms with van der Waals surface area (Å²) in [6.45, 7) is 13.2. The van der Waals surface area contributed by atoms with E-state index in [2.05, 4.69) is 117 Å². The molecule has 0 atom stereocenters. The van der Waals surface area contributed by atoms with Gasteiger partial charge in [0.05, 0.1) is 33.4 Å². The maximum Gasteiger partial charge on any atom is 0.166 e. The van der Waals surface area contributed by atoms with Crippen LogP contribution in [-0.2, 0) is 10.8 Å². The number of para-hydroxylation sites is 2. The zero-order valence-electron chi connectivity index (χ0n) is 29.1. The first kappa shape index (κ1) is 31.5. The molecule has 3 nitrogen and oxygen atoms in total. The van der Waals surface area contributed by atoms with Crippen molar-refractivity contribution >= 4 is 43.6 Å². The smallest absolute Gasteiger partial charge is 0.166 e. The summed E-state index contributed by atoms with van der Waals surface area (Å²) in [6, 6.07) is 39.8. The van der Waals surface area contributed by atoms with Crippen LogP contribution in [0.2, 0.25) is 0 Å². The summed E-state index contributed by atoms with van der Waals surface area (Å²) >= 11 is 0. The van der Waals surface area contributed by atoms with Gasteiger partial charge < -0.3 is 9.13 Å². The molecule has 0 radical (unpaired) electrons. The molecule has 0 aliphatic rings. The molecule has 0 amide bonds. The van der Waals surface area contributed by atoms with E-state index in [0.29, 0.717) is 22.5 Å². The van der Waals surface area contributed by atoms with Crippen molar-refractivity contribution in [1.29, 1.82) is 5.26 Å². The third-order valence-electron chi connectivity index (χ3n) is 10.0. The van der Waals surface area contributed by atoms with Gasteiger partial charge in [0.1, 0.15) is 11.6 Å². The third-order valence-corrected chi connectivity index (χ3v) is 10.0. The summed E-state index contributed by atoms with van der Waals surface area (Å²) in [5.74, 6) is -1.85. The van der Waals surface area contributed by atoms with Crippen LogP contribution in [-0.4, -0.2) is 9.13 Å². The molecule has 0 unspecified atom stereocenters. The largest absolute Gasteiger partial charge is 0.308 e. The highest BCUT2D eigenvalue weighted by atomic mass is 19.2. The first-order valence-electron chi connectivity index (χ1n) is 17.0. The zero-order chi connectivity index (χ0) is 35.1. The molecular weight excluding hydrogens is 621 g/mol. The minimum absolute atomic E-state index is 0.0689. The molecule has 8 rings (SSSR count). The molecular formula is C45H37F2N3. The standard InChI is InChI=1S/C45H37F2N3/c1-44(2,3)28-18-20-39-33(24-28)31-12-7-9-16-37(31)49(39)41-22-27(30-14-11-15-36(46)43(30)47)23-42(35(41)26-48)50-38-17-10-8-13-32(38)34-25-29(45(4,5)6)19-21-40(34)50/h7-25H,1-6H3. The Morgan fingerprint density at radius 1 is 0.520 bits per heavy atom. The molecule has 0 N–H and O–H groups in total. The second kappa shape index (κ2) is 11.1. The summed E-state index contributed by atoms with van der Waals surface area (Å²) in [6.07, 6.45) is 0. The Morgan fingerprint density at radius 2 is 0.980 bits per heavy atom. The number of nitriles is 1. The Bertz CT molecular complexity index is 2550. The van der Waals surface area contributed by atoms with Crippen molar-refractivity contribution in [2.24, 2.45) is 0 Å². The van der Waals surface area contributed by atoms with E-state index in [1.54, 1.807) is 6.07 Å². The van der Waals surface area contributed by atoms with Crippen LogP contribution in [0.4, 0.5) is 8.78 Å². The van der Waals surface area contributed by atoms with Gasteiger partial charge in [0.25, 0.3) is 0 Å². The van der Waals surface area contributed by atoms with E-state index >= 15 is 4.39 Å².